The van der Waals surface area contributed by atoms with Crippen molar-refractivity contribution >= 4 is 0 Å². The maximum atomic E-state index is 2.56. The predicted octanol–water partition coefficient (Wildman–Crippen LogP) is 4.22. The van der Waals surface area contributed by atoms with E-state index in [1.54, 1.807) is 0 Å². The molecular weight excluding hydrogens is 218 g/mol. The molecule has 1 aliphatic heterocycles. The van der Waals surface area contributed by atoms with E-state index in [2.05, 4.69) is 42.5 Å². The number of benzene rings is 1. The molecular formula is C17H26N. The second-order valence-electron chi connectivity index (χ2n) is 5.42. The Bertz CT molecular complexity index is 322. The summed E-state index contributed by atoms with van der Waals surface area (Å²) in [7, 11) is 0. The lowest BCUT2D eigenvalue weighted by molar-refractivity contribution is 0.246. The van der Waals surface area contributed by atoms with Crippen LogP contribution >= 0.6 is 0 Å². The third-order valence-corrected chi connectivity index (χ3v) is 3.80. The smallest absolute Gasteiger partial charge is 0.0233 e. The van der Waals surface area contributed by atoms with Crippen molar-refractivity contribution in [2.24, 2.45) is 0 Å². The molecule has 1 heterocycles. The van der Waals surface area contributed by atoms with Crippen LogP contribution in [0.3, 0.4) is 0 Å². The minimum Gasteiger partial charge on any atom is -0.299 e. The average Bonchev–Trinajstić information content (AvgIpc) is 2.42. The summed E-state index contributed by atoms with van der Waals surface area (Å²) in [6.07, 6.45) is 10.2. The monoisotopic (exact) mass is 244 g/mol. The maximum absolute atomic E-state index is 2.56. The van der Waals surface area contributed by atoms with E-state index in [-0.39, 0.29) is 0 Å². The van der Waals surface area contributed by atoms with Crippen molar-refractivity contribution in [2.45, 2.75) is 52.0 Å². The number of hydrogen-bond donors (Lipinski definition) is 0. The van der Waals surface area contributed by atoms with Gasteiger partial charge in [-0.25, -0.2) is 0 Å². The van der Waals surface area contributed by atoms with Crippen molar-refractivity contribution < 1.29 is 0 Å². The van der Waals surface area contributed by atoms with E-state index in [1.165, 1.54) is 62.7 Å². The van der Waals surface area contributed by atoms with E-state index in [0.29, 0.717) is 0 Å². The van der Waals surface area contributed by atoms with Gasteiger partial charge in [-0.15, -0.1) is 0 Å². The van der Waals surface area contributed by atoms with Crippen LogP contribution in [0, 0.1) is 6.42 Å². The maximum Gasteiger partial charge on any atom is 0.0233 e. The second-order valence-corrected chi connectivity index (χ2v) is 5.42. The van der Waals surface area contributed by atoms with Gasteiger partial charge in [0.1, 0.15) is 0 Å². The number of nitrogens with zero attached hydrogens (tertiary/aromatic N) is 1. The first-order valence-corrected chi connectivity index (χ1v) is 7.50. The zero-order valence-corrected chi connectivity index (χ0v) is 11.7. The Morgan fingerprint density at radius 3 is 2.28 bits per heavy atom. The highest BCUT2D eigenvalue weighted by Gasteiger charge is 2.10. The van der Waals surface area contributed by atoms with Crippen LogP contribution in [0.25, 0.3) is 0 Å². The van der Waals surface area contributed by atoms with Gasteiger partial charge in [0.2, 0.25) is 0 Å². The number of unbranched alkanes of at least 4 members (excludes halogenated alkanes) is 2. The van der Waals surface area contributed by atoms with E-state index in [1.807, 2.05) is 0 Å². The molecule has 99 valence electrons. The lowest BCUT2D eigenvalue weighted by atomic mass is 10.0. The Morgan fingerprint density at radius 1 is 0.944 bits per heavy atom. The van der Waals surface area contributed by atoms with E-state index in [4.69, 9.17) is 0 Å². The zero-order chi connectivity index (χ0) is 12.6. The molecule has 1 fully saturated rings. The van der Waals surface area contributed by atoms with Crippen LogP contribution in [-0.4, -0.2) is 18.0 Å². The number of hydrogen-bond acceptors (Lipinski definition) is 1. The van der Waals surface area contributed by atoms with Crippen molar-refractivity contribution in [3.8, 4) is 0 Å². The summed E-state index contributed by atoms with van der Waals surface area (Å²) in [5, 5.41) is 0. The summed E-state index contributed by atoms with van der Waals surface area (Å²) in [6, 6.07) is 9.28. The lowest BCUT2D eigenvalue weighted by Gasteiger charge is -2.26. The average molecular weight is 244 g/mol. The van der Waals surface area contributed by atoms with Gasteiger partial charge in [-0.3, -0.25) is 4.90 Å². The Balaban J connectivity index is 1.79. The van der Waals surface area contributed by atoms with Crippen LogP contribution in [-0.2, 0) is 13.0 Å². The highest BCUT2D eigenvalue weighted by Crippen LogP contribution is 2.14. The molecule has 18 heavy (non-hydrogen) atoms. The van der Waals surface area contributed by atoms with Crippen molar-refractivity contribution in [3.05, 3.63) is 41.8 Å². The molecule has 1 radical (unpaired) electrons. The molecule has 1 nitrogen and oxygen atoms in total. The van der Waals surface area contributed by atoms with Gasteiger partial charge in [-0.2, -0.15) is 0 Å². The third kappa shape index (κ3) is 4.45. The van der Waals surface area contributed by atoms with Gasteiger partial charge in [-0.1, -0.05) is 44.0 Å². The lowest BCUT2D eigenvalue weighted by Crippen LogP contribution is -2.29. The van der Waals surface area contributed by atoms with Gasteiger partial charge < -0.3 is 0 Å². The Hall–Kier alpha value is -0.820. The number of likely N-dealkylation sites (tertiary alicyclic amines) is 1. The summed E-state index contributed by atoms with van der Waals surface area (Å²) in [6.45, 7) is 5.86. The standard InChI is InChI=1S/C17H26N/c1-2-3-5-8-16-9-11-17(12-10-16)15-18-13-6-4-7-14-18/h4,9-12H,2-3,5-8,13-15H2,1H3. The topological polar surface area (TPSA) is 3.24 Å². The molecule has 0 amide bonds. The first-order chi connectivity index (χ1) is 8.88. The number of piperidine rings is 1. The van der Waals surface area contributed by atoms with E-state index >= 15 is 0 Å². The quantitative estimate of drug-likeness (QED) is 0.677. The minimum absolute atomic E-state index is 1.13. The summed E-state index contributed by atoms with van der Waals surface area (Å²) >= 11 is 0. The molecule has 0 unspecified atom stereocenters. The zero-order valence-electron chi connectivity index (χ0n) is 11.7. The summed E-state index contributed by atoms with van der Waals surface area (Å²) < 4.78 is 0. The largest absolute Gasteiger partial charge is 0.299 e. The molecule has 1 aromatic rings. The van der Waals surface area contributed by atoms with E-state index < -0.39 is 0 Å². The molecule has 1 heteroatoms. The van der Waals surface area contributed by atoms with Gasteiger partial charge in [0.15, 0.2) is 0 Å². The highest BCUT2D eigenvalue weighted by molar-refractivity contribution is 5.22. The van der Waals surface area contributed by atoms with Crippen LogP contribution in [0.1, 0.15) is 50.2 Å². The number of rotatable bonds is 6. The fraction of sp³-hybridized carbons (Fsp3) is 0.588. The molecule has 2 rings (SSSR count). The highest BCUT2D eigenvalue weighted by atomic mass is 15.1. The number of aryl methyl sites for hydroxylation is 1. The van der Waals surface area contributed by atoms with Crippen molar-refractivity contribution in [1.29, 1.82) is 0 Å². The molecule has 1 aromatic carbocycles. The fourth-order valence-corrected chi connectivity index (χ4v) is 2.61. The van der Waals surface area contributed by atoms with Gasteiger partial charge >= 0.3 is 0 Å². The fourth-order valence-electron chi connectivity index (χ4n) is 2.61. The molecule has 1 aliphatic rings. The summed E-state index contributed by atoms with van der Waals surface area (Å²) in [5.74, 6) is 0. The van der Waals surface area contributed by atoms with Gasteiger partial charge in [0.05, 0.1) is 0 Å². The van der Waals surface area contributed by atoms with Crippen molar-refractivity contribution in [3.63, 3.8) is 0 Å². The van der Waals surface area contributed by atoms with Crippen molar-refractivity contribution in [2.75, 3.05) is 13.1 Å². The van der Waals surface area contributed by atoms with Crippen LogP contribution in [0.15, 0.2) is 24.3 Å². The normalized spacial score (nSPS) is 16.9. The minimum atomic E-state index is 1.13. The first kappa shape index (κ1) is 13.6. The molecule has 0 saturated carbocycles. The van der Waals surface area contributed by atoms with E-state index in [0.717, 1.165) is 6.54 Å². The predicted molar refractivity (Wildman–Crippen MR) is 78.5 cm³/mol. The molecule has 0 aliphatic carbocycles. The third-order valence-electron chi connectivity index (χ3n) is 3.80. The van der Waals surface area contributed by atoms with Crippen LogP contribution in [0.2, 0.25) is 0 Å². The van der Waals surface area contributed by atoms with Crippen LogP contribution in [0.4, 0.5) is 0 Å². The van der Waals surface area contributed by atoms with Gasteiger partial charge in [0, 0.05) is 6.54 Å². The van der Waals surface area contributed by atoms with Crippen LogP contribution < -0.4 is 0 Å². The van der Waals surface area contributed by atoms with Crippen LogP contribution in [0.5, 0.6) is 0 Å². The SMILES string of the molecule is CCCCCc1ccc(CN2CC[CH]CC2)cc1. The molecule has 0 bridgehead atoms. The van der Waals surface area contributed by atoms with Gasteiger partial charge in [-0.05, 0) is 56.3 Å². The van der Waals surface area contributed by atoms with E-state index in [9.17, 15) is 0 Å². The molecule has 1 saturated heterocycles. The Morgan fingerprint density at radius 2 is 1.61 bits per heavy atom. The van der Waals surface area contributed by atoms with Crippen molar-refractivity contribution in [1.82, 2.24) is 4.90 Å². The molecule has 0 atom stereocenters. The second kappa shape index (κ2) is 7.58. The summed E-state index contributed by atoms with van der Waals surface area (Å²) in [5.41, 5.74) is 2.97. The molecule has 0 spiro atoms. The molecule has 0 aromatic heterocycles. The Kier molecular flexibility index (Phi) is 5.73. The molecule has 0 N–H and O–H groups in total. The summed E-state index contributed by atoms with van der Waals surface area (Å²) in [4.78, 5) is 2.56. The first-order valence-electron chi connectivity index (χ1n) is 7.50. The Labute approximate surface area is 112 Å². The van der Waals surface area contributed by atoms with Gasteiger partial charge in [0.25, 0.3) is 0 Å².